The minimum Gasteiger partial charge on any atom is -0.265 e. The van der Waals surface area contributed by atoms with Crippen LogP contribution in [0.3, 0.4) is 0 Å². The van der Waals surface area contributed by atoms with Gasteiger partial charge in [0.2, 0.25) is 0 Å². The highest BCUT2D eigenvalue weighted by atomic mass is 35.5. The van der Waals surface area contributed by atoms with E-state index in [1.807, 2.05) is 0 Å². The van der Waals surface area contributed by atoms with E-state index in [4.69, 9.17) is 11.6 Å². The van der Waals surface area contributed by atoms with E-state index in [-0.39, 0.29) is 22.0 Å². The van der Waals surface area contributed by atoms with E-state index >= 15 is 0 Å². The quantitative estimate of drug-likeness (QED) is 0.826. The molecule has 0 N–H and O–H groups in total. The Balaban J connectivity index is 2.14. The first-order valence-corrected chi connectivity index (χ1v) is 8.79. The SMILES string of the molecule is O=S(=O)(c1ccc(Cl)s1)N1CCCc2c(F)cc(F)cc21. The fraction of sp³-hybridized carbons (Fsp3) is 0.231. The van der Waals surface area contributed by atoms with Crippen molar-refractivity contribution in [2.24, 2.45) is 0 Å². The molecule has 3 nitrogen and oxygen atoms in total. The summed E-state index contributed by atoms with van der Waals surface area (Å²) in [4.78, 5) is 0. The second kappa shape index (κ2) is 5.23. The van der Waals surface area contributed by atoms with Crippen LogP contribution in [0.1, 0.15) is 12.0 Å². The van der Waals surface area contributed by atoms with E-state index in [1.165, 1.54) is 12.1 Å². The van der Waals surface area contributed by atoms with Crippen LogP contribution in [0.4, 0.5) is 14.5 Å². The molecule has 0 saturated heterocycles. The minimum absolute atomic E-state index is 0.0602. The zero-order valence-corrected chi connectivity index (χ0v) is 13.0. The molecule has 0 saturated carbocycles. The molecule has 112 valence electrons. The Kier molecular flexibility index (Phi) is 3.67. The first kappa shape index (κ1) is 14.7. The van der Waals surface area contributed by atoms with Crippen LogP contribution in [-0.2, 0) is 16.4 Å². The Labute approximate surface area is 129 Å². The van der Waals surface area contributed by atoms with Gasteiger partial charge in [-0.25, -0.2) is 17.2 Å². The van der Waals surface area contributed by atoms with Gasteiger partial charge in [-0.3, -0.25) is 4.31 Å². The van der Waals surface area contributed by atoms with Crippen LogP contribution < -0.4 is 4.31 Å². The maximum absolute atomic E-state index is 13.8. The van der Waals surface area contributed by atoms with E-state index in [0.29, 0.717) is 17.2 Å². The minimum atomic E-state index is -3.85. The molecule has 3 rings (SSSR count). The summed E-state index contributed by atoms with van der Waals surface area (Å²) >= 11 is 6.69. The lowest BCUT2D eigenvalue weighted by molar-refractivity contribution is 0.559. The standard InChI is InChI=1S/C13H10ClF2NO2S2/c14-12-3-4-13(20-12)21(18,19)17-5-1-2-9-10(16)6-8(15)7-11(9)17/h3-4,6-7H,1-2,5H2. The Morgan fingerprint density at radius 1 is 1.24 bits per heavy atom. The van der Waals surface area contributed by atoms with Gasteiger partial charge in [0.25, 0.3) is 10.0 Å². The maximum atomic E-state index is 13.8. The van der Waals surface area contributed by atoms with Gasteiger partial charge in [0.05, 0.1) is 10.0 Å². The monoisotopic (exact) mass is 349 g/mol. The van der Waals surface area contributed by atoms with Crippen molar-refractivity contribution < 1.29 is 17.2 Å². The second-order valence-electron chi connectivity index (χ2n) is 4.62. The first-order valence-electron chi connectivity index (χ1n) is 6.15. The predicted molar refractivity (Wildman–Crippen MR) is 78.5 cm³/mol. The van der Waals surface area contributed by atoms with Gasteiger partial charge < -0.3 is 0 Å². The van der Waals surface area contributed by atoms with Gasteiger partial charge >= 0.3 is 0 Å². The van der Waals surface area contributed by atoms with Gasteiger partial charge in [-0.05, 0) is 31.0 Å². The highest BCUT2D eigenvalue weighted by Crippen LogP contribution is 2.36. The van der Waals surface area contributed by atoms with E-state index in [9.17, 15) is 17.2 Å². The fourth-order valence-electron chi connectivity index (χ4n) is 2.37. The molecule has 1 aromatic carbocycles. The molecule has 0 fully saturated rings. The van der Waals surface area contributed by atoms with Gasteiger partial charge in [-0.2, -0.15) is 0 Å². The number of nitrogens with zero attached hydrogens (tertiary/aromatic N) is 1. The van der Waals surface area contributed by atoms with Crippen molar-refractivity contribution in [1.82, 2.24) is 0 Å². The van der Waals surface area contributed by atoms with Crippen LogP contribution in [0.5, 0.6) is 0 Å². The Bertz CT molecular complexity index is 804. The third kappa shape index (κ3) is 2.54. The van der Waals surface area contributed by atoms with Crippen LogP contribution in [-0.4, -0.2) is 15.0 Å². The highest BCUT2D eigenvalue weighted by molar-refractivity contribution is 7.94. The summed E-state index contributed by atoms with van der Waals surface area (Å²) in [6, 6.07) is 4.71. The molecule has 0 atom stereocenters. The van der Waals surface area contributed by atoms with E-state index in [2.05, 4.69) is 0 Å². The molecule has 2 aromatic rings. The Morgan fingerprint density at radius 2 is 2.00 bits per heavy atom. The van der Waals surface area contributed by atoms with Crippen molar-refractivity contribution in [2.75, 3.05) is 10.8 Å². The van der Waals surface area contributed by atoms with Gasteiger partial charge in [0.15, 0.2) is 0 Å². The molecule has 2 heterocycles. The van der Waals surface area contributed by atoms with Crippen molar-refractivity contribution in [1.29, 1.82) is 0 Å². The molecular weight excluding hydrogens is 340 g/mol. The number of anilines is 1. The van der Waals surface area contributed by atoms with Crippen molar-refractivity contribution in [2.45, 2.75) is 17.1 Å². The third-order valence-corrected chi connectivity index (χ3v) is 6.80. The molecule has 0 aliphatic carbocycles. The van der Waals surface area contributed by atoms with Crippen molar-refractivity contribution >= 4 is 38.6 Å². The number of hydrogen-bond acceptors (Lipinski definition) is 3. The number of fused-ring (bicyclic) bond motifs is 1. The van der Waals surface area contributed by atoms with Gasteiger partial charge in [0.1, 0.15) is 15.8 Å². The van der Waals surface area contributed by atoms with Crippen LogP contribution >= 0.6 is 22.9 Å². The van der Waals surface area contributed by atoms with Crippen LogP contribution in [0, 0.1) is 11.6 Å². The largest absolute Gasteiger partial charge is 0.273 e. The average Bonchev–Trinajstić information content (AvgIpc) is 2.85. The number of hydrogen-bond donors (Lipinski definition) is 0. The Morgan fingerprint density at radius 3 is 2.67 bits per heavy atom. The number of halogens is 3. The molecule has 1 aromatic heterocycles. The lowest BCUT2D eigenvalue weighted by Crippen LogP contribution is -2.35. The summed E-state index contributed by atoms with van der Waals surface area (Å²) in [6.45, 7) is 0.188. The number of rotatable bonds is 2. The molecule has 1 aliphatic rings. The first-order chi connectivity index (χ1) is 9.89. The summed E-state index contributed by atoms with van der Waals surface area (Å²) in [7, 11) is -3.85. The van der Waals surface area contributed by atoms with Gasteiger partial charge in [0, 0.05) is 18.2 Å². The molecule has 0 amide bonds. The zero-order valence-electron chi connectivity index (χ0n) is 10.6. The van der Waals surface area contributed by atoms with Gasteiger partial charge in [-0.15, -0.1) is 11.3 Å². The lowest BCUT2D eigenvalue weighted by Gasteiger charge is -2.30. The molecule has 8 heteroatoms. The second-order valence-corrected chi connectivity index (χ2v) is 8.43. The maximum Gasteiger partial charge on any atom is 0.273 e. The molecule has 0 spiro atoms. The van der Waals surface area contributed by atoms with E-state index in [0.717, 1.165) is 27.8 Å². The van der Waals surface area contributed by atoms with E-state index in [1.54, 1.807) is 0 Å². The number of benzene rings is 1. The van der Waals surface area contributed by atoms with E-state index < -0.39 is 21.7 Å². The average molecular weight is 350 g/mol. The van der Waals surface area contributed by atoms with Crippen molar-refractivity contribution in [3.8, 4) is 0 Å². The zero-order chi connectivity index (χ0) is 15.2. The lowest BCUT2D eigenvalue weighted by atomic mass is 10.0. The Hall–Kier alpha value is -1.18. The summed E-state index contributed by atoms with van der Waals surface area (Å²) in [6.07, 6.45) is 0.868. The highest BCUT2D eigenvalue weighted by Gasteiger charge is 2.32. The molecule has 0 bridgehead atoms. The fourth-order valence-corrected chi connectivity index (χ4v) is 5.50. The van der Waals surface area contributed by atoms with Crippen molar-refractivity contribution in [3.05, 3.63) is 45.8 Å². The summed E-state index contributed by atoms with van der Waals surface area (Å²) < 4.78 is 54.0. The van der Waals surface area contributed by atoms with Crippen LogP contribution in [0.25, 0.3) is 0 Å². The normalized spacial score (nSPS) is 15.1. The molecule has 21 heavy (non-hydrogen) atoms. The van der Waals surface area contributed by atoms with Crippen LogP contribution in [0.15, 0.2) is 28.5 Å². The number of sulfonamides is 1. The molecule has 0 radical (unpaired) electrons. The molecule has 1 aliphatic heterocycles. The summed E-state index contributed by atoms with van der Waals surface area (Å²) in [5, 5.41) is 0. The predicted octanol–water partition coefficient (Wildman–Crippen LogP) is 3.82. The topological polar surface area (TPSA) is 37.4 Å². The summed E-state index contributed by atoms with van der Waals surface area (Å²) in [5.74, 6) is -1.51. The van der Waals surface area contributed by atoms with Gasteiger partial charge in [-0.1, -0.05) is 11.6 Å². The van der Waals surface area contributed by atoms with Crippen molar-refractivity contribution in [3.63, 3.8) is 0 Å². The smallest absolute Gasteiger partial charge is 0.265 e. The number of thiophene rings is 1. The molecular formula is C13H10ClF2NO2S2. The molecule has 0 unspecified atom stereocenters. The third-order valence-electron chi connectivity index (χ3n) is 3.29. The van der Waals surface area contributed by atoms with Crippen LogP contribution in [0.2, 0.25) is 4.34 Å². The summed E-state index contributed by atoms with van der Waals surface area (Å²) in [5.41, 5.74) is 0.303.